The Morgan fingerprint density at radius 1 is 1.43 bits per heavy atom. The number of halogens is 1. The summed E-state index contributed by atoms with van der Waals surface area (Å²) >= 11 is 5.97. The summed E-state index contributed by atoms with van der Waals surface area (Å²) in [5.41, 5.74) is 0.979. The molecule has 0 saturated heterocycles. The van der Waals surface area contributed by atoms with Gasteiger partial charge in [0.15, 0.2) is 0 Å². The SMILES string of the molecule is Cc1cc(OCC(O)CNCC2CC=CCC2)ccc1Cl. The van der Waals surface area contributed by atoms with E-state index < -0.39 is 6.10 Å². The highest BCUT2D eigenvalue weighted by Gasteiger charge is 2.11. The third kappa shape index (κ3) is 5.70. The summed E-state index contributed by atoms with van der Waals surface area (Å²) in [6.45, 7) is 3.75. The molecule has 0 saturated carbocycles. The van der Waals surface area contributed by atoms with Crippen LogP contribution in [0.3, 0.4) is 0 Å². The van der Waals surface area contributed by atoms with Gasteiger partial charge < -0.3 is 15.2 Å². The van der Waals surface area contributed by atoms with E-state index >= 15 is 0 Å². The van der Waals surface area contributed by atoms with Crippen molar-refractivity contribution in [1.29, 1.82) is 0 Å². The minimum Gasteiger partial charge on any atom is -0.491 e. The second-order valence-electron chi connectivity index (χ2n) is 5.68. The fourth-order valence-electron chi connectivity index (χ4n) is 2.45. The predicted molar refractivity (Wildman–Crippen MR) is 87.0 cm³/mol. The van der Waals surface area contributed by atoms with E-state index in [1.807, 2.05) is 25.1 Å². The normalized spacial score (nSPS) is 19.5. The van der Waals surface area contributed by atoms with Crippen LogP contribution in [0.4, 0.5) is 0 Å². The second kappa shape index (κ2) is 8.42. The molecular formula is C17H24ClNO2. The zero-order chi connectivity index (χ0) is 15.1. The lowest BCUT2D eigenvalue weighted by atomic mass is 9.94. The third-order valence-electron chi connectivity index (χ3n) is 3.76. The monoisotopic (exact) mass is 309 g/mol. The number of aliphatic hydroxyl groups is 1. The molecule has 0 spiro atoms. The van der Waals surface area contributed by atoms with Crippen LogP contribution in [0, 0.1) is 12.8 Å². The molecule has 1 aliphatic carbocycles. The number of aliphatic hydroxyl groups excluding tert-OH is 1. The smallest absolute Gasteiger partial charge is 0.119 e. The van der Waals surface area contributed by atoms with E-state index in [1.165, 1.54) is 12.8 Å². The Labute approximate surface area is 132 Å². The lowest BCUT2D eigenvalue weighted by molar-refractivity contribution is 0.105. The van der Waals surface area contributed by atoms with Crippen LogP contribution in [0.25, 0.3) is 0 Å². The van der Waals surface area contributed by atoms with Gasteiger partial charge in [0, 0.05) is 11.6 Å². The Morgan fingerprint density at radius 3 is 3.00 bits per heavy atom. The van der Waals surface area contributed by atoms with Crippen molar-refractivity contribution in [3.63, 3.8) is 0 Å². The van der Waals surface area contributed by atoms with Crippen LogP contribution in [0.1, 0.15) is 24.8 Å². The highest BCUT2D eigenvalue weighted by atomic mass is 35.5. The maximum absolute atomic E-state index is 9.94. The number of rotatable bonds is 7. The Balaban J connectivity index is 1.63. The Bertz CT molecular complexity index is 476. The van der Waals surface area contributed by atoms with Gasteiger partial charge in [-0.1, -0.05) is 23.8 Å². The fourth-order valence-corrected chi connectivity index (χ4v) is 2.57. The highest BCUT2D eigenvalue weighted by Crippen LogP contribution is 2.21. The highest BCUT2D eigenvalue weighted by molar-refractivity contribution is 6.31. The largest absolute Gasteiger partial charge is 0.491 e. The van der Waals surface area contributed by atoms with Gasteiger partial charge in [0.05, 0.1) is 0 Å². The topological polar surface area (TPSA) is 41.5 Å². The quantitative estimate of drug-likeness (QED) is 0.759. The maximum Gasteiger partial charge on any atom is 0.119 e. The molecule has 3 nitrogen and oxygen atoms in total. The first kappa shape index (κ1) is 16.3. The fraction of sp³-hybridized carbons (Fsp3) is 0.529. The lowest BCUT2D eigenvalue weighted by Crippen LogP contribution is -2.34. The molecular weight excluding hydrogens is 286 g/mol. The summed E-state index contributed by atoms with van der Waals surface area (Å²) in [5.74, 6) is 1.44. The van der Waals surface area contributed by atoms with Crippen LogP contribution in [0.5, 0.6) is 5.75 Å². The predicted octanol–water partition coefficient (Wildman–Crippen LogP) is 3.33. The molecule has 0 radical (unpaired) electrons. The van der Waals surface area contributed by atoms with E-state index in [-0.39, 0.29) is 0 Å². The van der Waals surface area contributed by atoms with Crippen LogP contribution >= 0.6 is 11.6 Å². The van der Waals surface area contributed by atoms with Crippen LogP contribution in [-0.4, -0.2) is 30.9 Å². The van der Waals surface area contributed by atoms with Gasteiger partial charge in [-0.05, 0) is 62.4 Å². The summed E-state index contributed by atoms with van der Waals surface area (Å²) in [4.78, 5) is 0. The van der Waals surface area contributed by atoms with E-state index in [4.69, 9.17) is 16.3 Å². The molecule has 0 heterocycles. The molecule has 1 aliphatic rings. The first-order valence-corrected chi connectivity index (χ1v) is 7.95. The van der Waals surface area contributed by atoms with Crippen molar-refractivity contribution < 1.29 is 9.84 Å². The van der Waals surface area contributed by atoms with Crippen LogP contribution in [0.15, 0.2) is 30.4 Å². The summed E-state index contributed by atoms with van der Waals surface area (Å²) in [6.07, 6.45) is 7.55. The maximum atomic E-state index is 9.94. The Morgan fingerprint density at radius 2 is 2.29 bits per heavy atom. The van der Waals surface area contributed by atoms with Crippen molar-refractivity contribution in [2.24, 2.45) is 5.92 Å². The molecule has 2 rings (SSSR count). The van der Waals surface area contributed by atoms with Crippen molar-refractivity contribution in [2.75, 3.05) is 19.7 Å². The van der Waals surface area contributed by atoms with E-state index in [2.05, 4.69) is 17.5 Å². The number of hydrogen-bond acceptors (Lipinski definition) is 3. The summed E-state index contributed by atoms with van der Waals surface area (Å²) in [7, 11) is 0. The van der Waals surface area contributed by atoms with Crippen LogP contribution in [-0.2, 0) is 0 Å². The number of benzene rings is 1. The van der Waals surface area contributed by atoms with Gasteiger partial charge in [0.1, 0.15) is 18.5 Å². The number of aryl methyl sites for hydroxylation is 1. The molecule has 0 aliphatic heterocycles. The Kier molecular flexibility index (Phi) is 6.55. The molecule has 2 atom stereocenters. The minimum atomic E-state index is -0.500. The number of ether oxygens (including phenoxy) is 1. The molecule has 1 aromatic carbocycles. The van der Waals surface area contributed by atoms with Crippen LogP contribution in [0.2, 0.25) is 5.02 Å². The van der Waals surface area contributed by atoms with Crippen molar-refractivity contribution in [3.8, 4) is 5.75 Å². The molecule has 4 heteroatoms. The van der Waals surface area contributed by atoms with Crippen molar-refractivity contribution in [2.45, 2.75) is 32.3 Å². The summed E-state index contributed by atoms with van der Waals surface area (Å²) in [5, 5.41) is 14.0. The average molecular weight is 310 g/mol. The minimum absolute atomic E-state index is 0.290. The molecule has 21 heavy (non-hydrogen) atoms. The van der Waals surface area contributed by atoms with Gasteiger partial charge in [0.25, 0.3) is 0 Å². The van der Waals surface area contributed by atoms with Crippen LogP contribution < -0.4 is 10.1 Å². The molecule has 0 aromatic heterocycles. The van der Waals surface area contributed by atoms with Gasteiger partial charge in [-0.2, -0.15) is 0 Å². The van der Waals surface area contributed by atoms with Crippen molar-refractivity contribution in [1.82, 2.24) is 5.32 Å². The molecule has 0 fully saturated rings. The van der Waals surface area contributed by atoms with E-state index in [9.17, 15) is 5.11 Å². The number of allylic oxidation sites excluding steroid dienone is 2. The van der Waals surface area contributed by atoms with E-state index in [1.54, 1.807) is 0 Å². The molecule has 0 amide bonds. The van der Waals surface area contributed by atoms with Crippen molar-refractivity contribution >= 4 is 11.6 Å². The summed E-state index contributed by atoms with van der Waals surface area (Å²) < 4.78 is 5.59. The lowest BCUT2D eigenvalue weighted by Gasteiger charge is -2.19. The Hall–Kier alpha value is -1.03. The first-order chi connectivity index (χ1) is 10.1. The summed E-state index contributed by atoms with van der Waals surface area (Å²) in [6, 6.07) is 5.52. The zero-order valence-electron chi connectivity index (χ0n) is 12.5. The molecule has 1 aromatic rings. The van der Waals surface area contributed by atoms with Gasteiger partial charge >= 0.3 is 0 Å². The van der Waals surface area contributed by atoms with E-state index in [0.717, 1.165) is 29.3 Å². The molecule has 0 bridgehead atoms. The first-order valence-electron chi connectivity index (χ1n) is 7.58. The second-order valence-corrected chi connectivity index (χ2v) is 6.09. The third-order valence-corrected chi connectivity index (χ3v) is 4.19. The standard InChI is InChI=1S/C17H24ClNO2/c1-13-9-16(7-8-17(13)18)21-12-15(20)11-19-10-14-5-3-2-4-6-14/h2-3,7-9,14-15,19-20H,4-6,10-12H2,1H3. The molecule has 2 unspecified atom stereocenters. The molecule has 116 valence electrons. The van der Waals surface area contributed by atoms with Gasteiger partial charge in [0.2, 0.25) is 0 Å². The number of hydrogen-bond donors (Lipinski definition) is 2. The van der Waals surface area contributed by atoms with Crippen molar-refractivity contribution in [3.05, 3.63) is 40.9 Å². The van der Waals surface area contributed by atoms with Gasteiger partial charge in [-0.3, -0.25) is 0 Å². The number of nitrogens with one attached hydrogen (secondary N) is 1. The van der Waals surface area contributed by atoms with Gasteiger partial charge in [-0.25, -0.2) is 0 Å². The van der Waals surface area contributed by atoms with E-state index in [0.29, 0.717) is 19.1 Å². The molecule has 2 N–H and O–H groups in total. The average Bonchev–Trinajstić information content (AvgIpc) is 2.49. The van der Waals surface area contributed by atoms with Gasteiger partial charge in [-0.15, -0.1) is 0 Å². The zero-order valence-corrected chi connectivity index (χ0v) is 13.3.